The lowest BCUT2D eigenvalue weighted by Crippen LogP contribution is -2.33. The number of nitrogens with one attached hydrogen (secondary N) is 1. The monoisotopic (exact) mass is 281 g/mol. The quantitative estimate of drug-likeness (QED) is 0.875. The summed E-state index contributed by atoms with van der Waals surface area (Å²) in [6, 6.07) is 4.73. The first kappa shape index (κ1) is 13.7. The van der Waals surface area contributed by atoms with E-state index in [1.165, 1.54) is 6.07 Å². The van der Waals surface area contributed by atoms with Gasteiger partial charge in [-0.2, -0.15) is 0 Å². The van der Waals surface area contributed by atoms with Gasteiger partial charge in [-0.3, -0.25) is 4.79 Å². The first-order chi connectivity index (χ1) is 9.08. The van der Waals surface area contributed by atoms with Crippen molar-refractivity contribution in [3.63, 3.8) is 0 Å². The summed E-state index contributed by atoms with van der Waals surface area (Å²) >= 11 is 5.16. The molecule has 0 saturated heterocycles. The molecule has 6 heteroatoms. The Balaban J connectivity index is 2.41. The van der Waals surface area contributed by atoms with Crippen molar-refractivity contribution in [2.24, 2.45) is 0 Å². The fraction of sp³-hybridized carbons (Fsp3) is 0.385. The summed E-state index contributed by atoms with van der Waals surface area (Å²) < 4.78 is 15.6. The number of benzene rings is 1. The Kier molecular flexibility index (Phi) is 3.99. The van der Waals surface area contributed by atoms with Gasteiger partial charge >= 0.3 is 0 Å². The smallest absolute Gasteiger partial charge is 0.242 e. The maximum Gasteiger partial charge on any atom is 0.242 e. The number of rotatable bonds is 4. The minimum absolute atomic E-state index is 0.0220. The molecule has 0 saturated carbocycles. The maximum absolute atomic E-state index is 13.6. The third-order valence-corrected chi connectivity index (χ3v) is 3.49. The number of H-pyrrole nitrogens is 1. The standard InChI is InChI=1S/C13H16FN3OS/c1-3-16(4-2)11(18)8-17-10-7-5-6-9(14)12(10)15-13(17)19/h5-7H,3-4,8H2,1-2H3,(H,15,19). The van der Waals surface area contributed by atoms with Gasteiger partial charge in [-0.25, -0.2) is 4.39 Å². The van der Waals surface area contributed by atoms with Crippen molar-refractivity contribution in [3.05, 3.63) is 28.8 Å². The number of para-hydroxylation sites is 1. The molecule has 102 valence electrons. The molecule has 0 unspecified atom stereocenters. The molecule has 1 heterocycles. The molecule has 1 aromatic carbocycles. The molecule has 19 heavy (non-hydrogen) atoms. The Bertz CT molecular complexity index is 657. The third kappa shape index (κ3) is 2.53. The number of amides is 1. The fourth-order valence-corrected chi connectivity index (χ4v) is 2.38. The molecule has 1 aromatic heterocycles. The van der Waals surface area contributed by atoms with Crippen LogP contribution in [0.25, 0.3) is 11.0 Å². The van der Waals surface area contributed by atoms with Crippen molar-refractivity contribution in [2.45, 2.75) is 20.4 Å². The van der Waals surface area contributed by atoms with Gasteiger partial charge in [-0.1, -0.05) is 6.07 Å². The van der Waals surface area contributed by atoms with Crippen molar-refractivity contribution in [1.29, 1.82) is 0 Å². The summed E-state index contributed by atoms with van der Waals surface area (Å²) in [6.07, 6.45) is 0. The van der Waals surface area contributed by atoms with E-state index in [1.807, 2.05) is 13.8 Å². The van der Waals surface area contributed by atoms with Crippen LogP contribution in [0.3, 0.4) is 0 Å². The number of carbonyl (C=O) groups is 1. The van der Waals surface area contributed by atoms with Crippen LogP contribution in [-0.2, 0) is 11.3 Å². The first-order valence-corrected chi connectivity index (χ1v) is 6.64. The van der Waals surface area contributed by atoms with E-state index in [0.717, 1.165) is 0 Å². The Morgan fingerprint density at radius 3 is 2.74 bits per heavy atom. The number of likely N-dealkylation sites (N-methyl/N-ethyl adjacent to an activating group) is 1. The van der Waals surface area contributed by atoms with Gasteiger partial charge in [0, 0.05) is 13.1 Å². The minimum Gasteiger partial charge on any atom is -0.342 e. The van der Waals surface area contributed by atoms with E-state index in [2.05, 4.69) is 4.98 Å². The second kappa shape index (κ2) is 5.52. The fourth-order valence-electron chi connectivity index (χ4n) is 2.11. The van der Waals surface area contributed by atoms with Crippen LogP contribution in [0.15, 0.2) is 18.2 Å². The second-order valence-corrected chi connectivity index (χ2v) is 4.60. The molecule has 1 amide bonds. The average Bonchev–Trinajstić information content (AvgIpc) is 2.70. The zero-order chi connectivity index (χ0) is 14.0. The number of aromatic amines is 1. The highest BCUT2D eigenvalue weighted by Crippen LogP contribution is 2.17. The zero-order valence-electron chi connectivity index (χ0n) is 10.9. The van der Waals surface area contributed by atoms with Crippen LogP contribution in [0.4, 0.5) is 4.39 Å². The molecule has 1 N–H and O–H groups in total. The second-order valence-electron chi connectivity index (χ2n) is 4.22. The Morgan fingerprint density at radius 2 is 2.11 bits per heavy atom. The number of nitrogens with zero attached hydrogens (tertiary/aromatic N) is 2. The van der Waals surface area contributed by atoms with Crippen LogP contribution < -0.4 is 0 Å². The molecule has 2 aromatic rings. The van der Waals surface area contributed by atoms with Crippen LogP contribution in [0.5, 0.6) is 0 Å². The summed E-state index contributed by atoms with van der Waals surface area (Å²) in [4.78, 5) is 16.6. The average molecular weight is 281 g/mol. The van der Waals surface area contributed by atoms with Crippen LogP contribution in [-0.4, -0.2) is 33.4 Å². The van der Waals surface area contributed by atoms with Crippen LogP contribution in [0.2, 0.25) is 0 Å². The van der Waals surface area contributed by atoms with Gasteiger partial charge < -0.3 is 14.5 Å². The number of imidazole rings is 1. The van der Waals surface area contributed by atoms with E-state index >= 15 is 0 Å². The Morgan fingerprint density at radius 1 is 1.42 bits per heavy atom. The number of hydrogen-bond donors (Lipinski definition) is 1. The summed E-state index contributed by atoms with van der Waals surface area (Å²) in [5.74, 6) is -0.385. The number of carbonyl (C=O) groups excluding carboxylic acids is 1. The molecule has 0 atom stereocenters. The van der Waals surface area contributed by atoms with Crippen LogP contribution in [0.1, 0.15) is 13.8 Å². The molecule has 0 aliphatic rings. The molecular formula is C13H16FN3OS. The molecule has 0 spiro atoms. The molecule has 2 rings (SSSR count). The maximum atomic E-state index is 13.6. The largest absolute Gasteiger partial charge is 0.342 e. The first-order valence-electron chi connectivity index (χ1n) is 6.23. The van der Waals surface area contributed by atoms with Crippen molar-refractivity contribution in [2.75, 3.05) is 13.1 Å². The van der Waals surface area contributed by atoms with Crippen LogP contribution >= 0.6 is 12.2 Å². The van der Waals surface area contributed by atoms with E-state index in [9.17, 15) is 9.18 Å². The van der Waals surface area contributed by atoms with Gasteiger partial charge in [0.1, 0.15) is 17.9 Å². The lowest BCUT2D eigenvalue weighted by Gasteiger charge is -2.18. The highest BCUT2D eigenvalue weighted by Gasteiger charge is 2.14. The SMILES string of the molecule is CCN(CC)C(=O)Cn1c(=S)[nH]c2c(F)cccc21. The predicted octanol–water partition coefficient (Wildman–Crippen LogP) is 2.71. The van der Waals surface area contributed by atoms with Crippen molar-refractivity contribution < 1.29 is 9.18 Å². The van der Waals surface area contributed by atoms with Gasteiger partial charge in [-0.15, -0.1) is 0 Å². The molecule has 4 nitrogen and oxygen atoms in total. The lowest BCUT2D eigenvalue weighted by molar-refractivity contribution is -0.131. The summed E-state index contributed by atoms with van der Waals surface area (Å²) in [6.45, 7) is 5.29. The van der Waals surface area contributed by atoms with E-state index in [-0.39, 0.29) is 18.3 Å². The van der Waals surface area contributed by atoms with Gasteiger partial charge in [-0.05, 0) is 38.2 Å². The molecule has 0 fully saturated rings. The van der Waals surface area contributed by atoms with E-state index in [0.29, 0.717) is 28.9 Å². The minimum atomic E-state index is -0.363. The molecule has 0 aliphatic heterocycles. The normalized spacial score (nSPS) is 10.9. The summed E-state index contributed by atoms with van der Waals surface area (Å²) in [7, 11) is 0. The lowest BCUT2D eigenvalue weighted by atomic mass is 10.3. The van der Waals surface area contributed by atoms with Gasteiger partial charge in [0.25, 0.3) is 0 Å². The molecule has 0 bridgehead atoms. The van der Waals surface area contributed by atoms with E-state index in [4.69, 9.17) is 12.2 Å². The highest BCUT2D eigenvalue weighted by molar-refractivity contribution is 7.71. The molecule has 0 aliphatic carbocycles. The van der Waals surface area contributed by atoms with E-state index in [1.54, 1.807) is 21.6 Å². The number of aromatic nitrogens is 2. The van der Waals surface area contributed by atoms with Crippen molar-refractivity contribution >= 4 is 29.2 Å². The van der Waals surface area contributed by atoms with Crippen molar-refractivity contribution in [3.8, 4) is 0 Å². The highest BCUT2D eigenvalue weighted by atomic mass is 32.1. The number of hydrogen-bond acceptors (Lipinski definition) is 2. The topological polar surface area (TPSA) is 41.0 Å². The molecular weight excluding hydrogens is 265 g/mol. The van der Waals surface area contributed by atoms with Crippen LogP contribution in [0, 0.1) is 10.6 Å². The van der Waals surface area contributed by atoms with Gasteiger partial charge in [0.05, 0.1) is 5.52 Å². The third-order valence-electron chi connectivity index (χ3n) is 3.17. The Hall–Kier alpha value is -1.69. The molecule has 0 radical (unpaired) electrons. The van der Waals surface area contributed by atoms with Gasteiger partial charge in [0.2, 0.25) is 5.91 Å². The number of halogens is 1. The van der Waals surface area contributed by atoms with Gasteiger partial charge in [0.15, 0.2) is 4.77 Å². The predicted molar refractivity (Wildman–Crippen MR) is 75.0 cm³/mol. The van der Waals surface area contributed by atoms with Crippen molar-refractivity contribution in [1.82, 2.24) is 14.5 Å². The summed E-state index contributed by atoms with van der Waals surface area (Å²) in [5.41, 5.74) is 0.963. The Labute approximate surface area is 115 Å². The van der Waals surface area contributed by atoms with E-state index < -0.39 is 0 Å². The zero-order valence-corrected chi connectivity index (χ0v) is 11.8. The number of fused-ring (bicyclic) bond motifs is 1. The summed E-state index contributed by atoms with van der Waals surface area (Å²) in [5, 5.41) is 0.